The Kier molecular flexibility index (Phi) is 2.78. The van der Waals surface area contributed by atoms with E-state index in [0.29, 0.717) is 24.8 Å². The first kappa shape index (κ1) is 11.6. The second-order valence-electron chi connectivity index (χ2n) is 4.61. The van der Waals surface area contributed by atoms with Crippen LogP contribution in [0.15, 0.2) is 22.6 Å². The molecule has 18 heavy (non-hydrogen) atoms. The van der Waals surface area contributed by atoms with Gasteiger partial charge in [0.15, 0.2) is 11.5 Å². The van der Waals surface area contributed by atoms with Crippen molar-refractivity contribution in [1.82, 2.24) is 4.98 Å². The molecule has 1 unspecified atom stereocenters. The van der Waals surface area contributed by atoms with Gasteiger partial charge in [-0.15, -0.1) is 0 Å². The van der Waals surface area contributed by atoms with Crippen molar-refractivity contribution in [3.63, 3.8) is 0 Å². The van der Waals surface area contributed by atoms with E-state index >= 15 is 0 Å². The third-order valence-electron chi connectivity index (χ3n) is 3.26. The summed E-state index contributed by atoms with van der Waals surface area (Å²) >= 11 is 4.27. The fourth-order valence-electron chi connectivity index (χ4n) is 2.40. The summed E-state index contributed by atoms with van der Waals surface area (Å²) in [6.07, 6.45) is 0.566. The molecule has 5 heteroatoms. The second-order valence-corrected chi connectivity index (χ2v) is 4.98. The number of hydrogen-bond donors (Lipinski definition) is 1. The zero-order valence-electron chi connectivity index (χ0n) is 10.1. The van der Waals surface area contributed by atoms with E-state index in [1.807, 2.05) is 25.1 Å². The molecule has 0 radical (unpaired) electrons. The molecular weight excluding hydrogens is 248 g/mol. The first-order valence-corrected chi connectivity index (χ1v) is 6.59. The number of benzene rings is 1. The molecule has 1 fully saturated rings. The molecule has 3 rings (SSSR count). The monoisotopic (exact) mass is 262 g/mol. The van der Waals surface area contributed by atoms with E-state index in [-0.39, 0.29) is 5.91 Å². The molecule has 1 amide bonds. The lowest BCUT2D eigenvalue weighted by Gasteiger charge is -2.16. The van der Waals surface area contributed by atoms with Crippen LogP contribution in [-0.4, -0.2) is 23.2 Å². The number of anilines is 1. The Morgan fingerprint density at radius 1 is 1.56 bits per heavy atom. The highest BCUT2D eigenvalue weighted by atomic mass is 32.1. The fraction of sp³-hybridized carbons (Fsp3) is 0.385. The molecule has 1 atom stereocenters. The summed E-state index contributed by atoms with van der Waals surface area (Å²) in [5, 5.41) is 0. The molecule has 0 saturated carbocycles. The van der Waals surface area contributed by atoms with E-state index in [1.54, 1.807) is 4.90 Å². The van der Waals surface area contributed by atoms with Gasteiger partial charge in [0.05, 0.1) is 5.69 Å². The number of aromatic nitrogens is 1. The van der Waals surface area contributed by atoms with E-state index in [2.05, 4.69) is 17.6 Å². The molecule has 1 aromatic heterocycles. The molecule has 0 bridgehead atoms. The Bertz CT molecular complexity index is 608. The predicted molar refractivity (Wildman–Crippen MR) is 73.1 cm³/mol. The summed E-state index contributed by atoms with van der Waals surface area (Å²) in [5.41, 5.74) is 2.34. The Labute approximate surface area is 110 Å². The number of amides is 1. The Morgan fingerprint density at radius 3 is 3.11 bits per heavy atom. The molecule has 0 spiro atoms. The van der Waals surface area contributed by atoms with Crippen LogP contribution in [0.2, 0.25) is 0 Å². The van der Waals surface area contributed by atoms with Gasteiger partial charge in [-0.1, -0.05) is 6.07 Å². The van der Waals surface area contributed by atoms with Crippen LogP contribution in [0.1, 0.15) is 12.3 Å². The van der Waals surface area contributed by atoms with Crippen molar-refractivity contribution in [3.05, 3.63) is 24.1 Å². The highest BCUT2D eigenvalue weighted by Crippen LogP contribution is 2.31. The van der Waals surface area contributed by atoms with Crippen LogP contribution in [0.25, 0.3) is 11.1 Å². The molecule has 0 N–H and O–H groups in total. The van der Waals surface area contributed by atoms with Crippen molar-refractivity contribution in [2.24, 2.45) is 5.92 Å². The smallest absolute Gasteiger partial charge is 0.227 e. The maximum Gasteiger partial charge on any atom is 0.227 e. The minimum atomic E-state index is 0.141. The van der Waals surface area contributed by atoms with Crippen molar-refractivity contribution in [3.8, 4) is 0 Å². The number of aryl methyl sites for hydroxylation is 1. The number of para-hydroxylation sites is 1. The number of fused-ring (bicyclic) bond motifs is 1. The fourth-order valence-corrected chi connectivity index (χ4v) is 2.64. The van der Waals surface area contributed by atoms with Gasteiger partial charge in [0.1, 0.15) is 5.52 Å². The van der Waals surface area contributed by atoms with Gasteiger partial charge in [-0.05, 0) is 23.8 Å². The first-order valence-electron chi connectivity index (χ1n) is 5.96. The summed E-state index contributed by atoms with van der Waals surface area (Å²) in [4.78, 5) is 18.2. The maximum absolute atomic E-state index is 12.0. The van der Waals surface area contributed by atoms with E-state index < -0.39 is 0 Å². The van der Waals surface area contributed by atoms with Crippen LogP contribution in [-0.2, 0) is 4.79 Å². The van der Waals surface area contributed by atoms with Crippen LogP contribution in [0.4, 0.5) is 5.69 Å². The highest BCUT2D eigenvalue weighted by Gasteiger charge is 2.31. The summed E-state index contributed by atoms with van der Waals surface area (Å²) < 4.78 is 5.49. The summed E-state index contributed by atoms with van der Waals surface area (Å²) in [7, 11) is 0. The van der Waals surface area contributed by atoms with Crippen molar-refractivity contribution < 1.29 is 9.21 Å². The third-order valence-corrected chi connectivity index (χ3v) is 3.78. The zero-order chi connectivity index (χ0) is 12.7. The molecule has 1 aliphatic rings. The number of carbonyl (C=O) groups excluding carboxylic acids is 1. The molecule has 1 saturated heterocycles. The normalized spacial score (nSPS) is 20.0. The Morgan fingerprint density at radius 2 is 2.39 bits per heavy atom. The molecule has 94 valence electrons. The molecule has 0 aliphatic carbocycles. The highest BCUT2D eigenvalue weighted by molar-refractivity contribution is 7.80. The van der Waals surface area contributed by atoms with Gasteiger partial charge in [0.25, 0.3) is 0 Å². The van der Waals surface area contributed by atoms with Gasteiger partial charge >= 0.3 is 0 Å². The first-order chi connectivity index (χ1) is 8.69. The lowest BCUT2D eigenvalue weighted by atomic mass is 10.1. The van der Waals surface area contributed by atoms with Crippen LogP contribution < -0.4 is 4.90 Å². The standard InChI is InChI=1S/C13H14N2O2S/c1-8-14-13-10(3-2-4-11(13)17-8)15-6-9(7-18)5-12(15)16/h2-4,9,18H,5-7H2,1H3. The maximum atomic E-state index is 12.0. The number of carbonyl (C=O) groups is 1. The van der Waals surface area contributed by atoms with Gasteiger partial charge in [0.2, 0.25) is 5.91 Å². The van der Waals surface area contributed by atoms with E-state index in [9.17, 15) is 4.79 Å². The van der Waals surface area contributed by atoms with Crippen molar-refractivity contribution >= 4 is 35.3 Å². The predicted octanol–water partition coefficient (Wildman–Crippen LogP) is 2.42. The second kappa shape index (κ2) is 4.31. The van der Waals surface area contributed by atoms with Gasteiger partial charge in [0, 0.05) is 19.9 Å². The Balaban J connectivity index is 2.06. The van der Waals surface area contributed by atoms with Crippen LogP contribution in [0, 0.1) is 12.8 Å². The van der Waals surface area contributed by atoms with E-state index in [4.69, 9.17) is 4.42 Å². The number of hydrogen-bond acceptors (Lipinski definition) is 4. The van der Waals surface area contributed by atoms with Gasteiger partial charge in [-0.25, -0.2) is 4.98 Å². The largest absolute Gasteiger partial charge is 0.441 e. The summed E-state index contributed by atoms with van der Waals surface area (Å²) in [6.45, 7) is 2.53. The Hall–Kier alpha value is -1.49. The average Bonchev–Trinajstić information content (AvgIpc) is 2.90. The third kappa shape index (κ3) is 1.79. The molecule has 2 aromatic rings. The van der Waals surface area contributed by atoms with Gasteiger partial charge in [-0.2, -0.15) is 12.6 Å². The summed E-state index contributed by atoms with van der Waals surface area (Å²) in [6, 6.07) is 5.68. The average molecular weight is 262 g/mol. The number of oxazole rings is 1. The zero-order valence-corrected chi connectivity index (χ0v) is 11.0. The van der Waals surface area contributed by atoms with E-state index in [0.717, 1.165) is 22.5 Å². The van der Waals surface area contributed by atoms with Crippen LogP contribution in [0.5, 0.6) is 0 Å². The van der Waals surface area contributed by atoms with Gasteiger partial charge < -0.3 is 9.32 Å². The molecular formula is C13H14N2O2S. The molecule has 1 aromatic carbocycles. The van der Waals surface area contributed by atoms with Crippen molar-refractivity contribution in [2.45, 2.75) is 13.3 Å². The summed E-state index contributed by atoms with van der Waals surface area (Å²) in [5.74, 6) is 1.82. The SMILES string of the molecule is Cc1nc2c(N3CC(CS)CC3=O)cccc2o1. The number of nitrogens with zero attached hydrogens (tertiary/aromatic N) is 2. The lowest BCUT2D eigenvalue weighted by Crippen LogP contribution is -2.24. The molecule has 2 heterocycles. The molecule has 4 nitrogen and oxygen atoms in total. The quantitative estimate of drug-likeness (QED) is 0.845. The lowest BCUT2D eigenvalue weighted by molar-refractivity contribution is -0.117. The van der Waals surface area contributed by atoms with E-state index in [1.165, 1.54) is 0 Å². The number of rotatable bonds is 2. The van der Waals surface area contributed by atoms with Crippen molar-refractivity contribution in [2.75, 3.05) is 17.2 Å². The number of thiol groups is 1. The minimum absolute atomic E-state index is 0.141. The van der Waals surface area contributed by atoms with Crippen LogP contribution in [0.3, 0.4) is 0 Å². The van der Waals surface area contributed by atoms with Crippen LogP contribution >= 0.6 is 12.6 Å². The molecule has 1 aliphatic heterocycles. The van der Waals surface area contributed by atoms with Gasteiger partial charge in [-0.3, -0.25) is 4.79 Å². The van der Waals surface area contributed by atoms with Crippen molar-refractivity contribution in [1.29, 1.82) is 0 Å². The topological polar surface area (TPSA) is 46.3 Å². The minimum Gasteiger partial charge on any atom is -0.441 e.